The van der Waals surface area contributed by atoms with Gasteiger partial charge in [0.15, 0.2) is 0 Å². The summed E-state index contributed by atoms with van der Waals surface area (Å²) in [4.78, 5) is 14.5. The van der Waals surface area contributed by atoms with Crippen molar-refractivity contribution in [3.8, 4) is 0 Å². The largest absolute Gasteiger partial charge is 0.392 e. The van der Waals surface area contributed by atoms with Gasteiger partial charge in [-0.3, -0.25) is 4.79 Å². The van der Waals surface area contributed by atoms with E-state index in [4.69, 9.17) is 0 Å². The van der Waals surface area contributed by atoms with Gasteiger partial charge in [-0.15, -0.1) is 0 Å². The summed E-state index contributed by atoms with van der Waals surface area (Å²) in [5.41, 5.74) is 4.22. The second-order valence-electron chi connectivity index (χ2n) is 9.99. The fraction of sp³-hybridized carbons (Fsp3) is 0.607. The molecule has 2 aliphatic carbocycles. The number of piperidine rings is 1. The number of allylic oxidation sites excluding steroid dienone is 3. The maximum absolute atomic E-state index is 12.4. The fourth-order valence-electron chi connectivity index (χ4n) is 5.93. The van der Waals surface area contributed by atoms with Crippen LogP contribution in [0.3, 0.4) is 0 Å². The smallest absolute Gasteiger partial charge is 0.222 e. The van der Waals surface area contributed by atoms with Gasteiger partial charge in [-0.2, -0.15) is 0 Å². The zero-order valence-corrected chi connectivity index (χ0v) is 19.1. The molecule has 1 heterocycles. The van der Waals surface area contributed by atoms with E-state index in [1.807, 2.05) is 0 Å². The lowest BCUT2D eigenvalue weighted by molar-refractivity contribution is -0.132. The van der Waals surface area contributed by atoms with Crippen LogP contribution < -0.4 is 0 Å². The van der Waals surface area contributed by atoms with E-state index in [2.05, 4.69) is 54.3 Å². The molecule has 4 rings (SSSR count). The van der Waals surface area contributed by atoms with E-state index < -0.39 is 0 Å². The van der Waals surface area contributed by atoms with Gasteiger partial charge in [0, 0.05) is 25.4 Å². The fourth-order valence-corrected chi connectivity index (χ4v) is 5.93. The van der Waals surface area contributed by atoms with Gasteiger partial charge < -0.3 is 10.0 Å². The molecule has 1 aromatic rings. The molecule has 3 aliphatic rings. The lowest BCUT2D eigenvalue weighted by Crippen LogP contribution is -2.35. The number of aryl methyl sites for hydroxylation is 2. The molecule has 1 N–H and O–H groups in total. The van der Waals surface area contributed by atoms with Gasteiger partial charge in [0.05, 0.1) is 6.10 Å². The van der Waals surface area contributed by atoms with Gasteiger partial charge in [-0.25, -0.2) is 0 Å². The molecule has 1 aromatic carbocycles. The number of likely N-dealkylation sites (tertiary alicyclic amines) is 1. The van der Waals surface area contributed by atoms with Crippen LogP contribution in [0.1, 0.15) is 68.9 Å². The van der Waals surface area contributed by atoms with Gasteiger partial charge in [-0.1, -0.05) is 53.6 Å². The van der Waals surface area contributed by atoms with Crippen LogP contribution in [0.5, 0.6) is 0 Å². The van der Waals surface area contributed by atoms with Crippen molar-refractivity contribution in [2.75, 3.05) is 13.1 Å². The Hall–Kier alpha value is -1.87. The van der Waals surface area contributed by atoms with E-state index in [1.54, 1.807) is 0 Å². The molecule has 0 unspecified atom stereocenters. The summed E-state index contributed by atoms with van der Waals surface area (Å²) >= 11 is 0. The predicted molar refractivity (Wildman–Crippen MR) is 127 cm³/mol. The zero-order valence-electron chi connectivity index (χ0n) is 19.1. The average Bonchev–Trinajstić information content (AvgIpc) is 3.28. The maximum atomic E-state index is 12.4. The van der Waals surface area contributed by atoms with Crippen LogP contribution in [-0.4, -0.2) is 35.1 Å². The van der Waals surface area contributed by atoms with Crippen molar-refractivity contribution in [3.63, 3.8) is 0 Å². The molecule has 168 valence electrons. The molecule has 3 nitrogen and oxygen atoms in total. The van der Waals surface area contributed by atoms with Crippen molar-refractivity contribution in [2.45, 2.75) is 77.2 Å². The number of aliphatic hydroxyl groups is 1. The number of amides is 1. The van der Waals surface area contributed by atoms with E-state index in [0.29, 0.717) is 24.2 Å². The number of rotatable bonds is 8. The number of hydrogen-bond donors (Lipinski definition) is 1. The Bertz CT molecular complexity index is 805. The van der Waals surface area contributed by atoms with Crippen LogP contribution in [-0.2, 0) is 11.2 Å². The van der Waals surface area contributed by atoms with E-state index in [1.165, 1.54) is 36.0 Å². The predicted octanol–water partition coefficient (Wildman–Crippen LogP) is 5.61. The number of nitrogens with zero attached hydrogens (tertiary/aromatic N) is 1. The molecule has 0 spiro atoms. The van der Waals surface area contributed by atoms with E-state index in [0.717, 1.165) is 51.6 Å². The summed E-state index contributed by atoms with van der Waals surface area (Å²) in [7, 11) is 0. The summed E-state index contributed by atoms with van der Waals surface area (Å²) in [5.74, 6) is 1.71. The highest BCUT2D eigenvalue weighted by Gasteiger charge is 2.43. The molecular formula is C28H39NO2. The number of benzene rings is 1. The Balaban J connectivity index is 1.21. The Morgan fingerprint density at radius 3 is 2.84 bits per heavy atom. The highest BCUT2D eigenvalue weighted by Crippen LogP contribution is 2.48. The second-order valence-corrected chi connectivity index (χ2v) is 9.99. The van der Waals surface area contributed by atoms with Gasteiger partial charge >= 0.3 is 0 Å². The SMILES string of the molecule is Cc1cccc(CC/C=C/[C@@H]2[C@H]3CC(CCCC(=O)N4CCCCC4)=C[C@H]3C[C@H]2O)c1. The molecule has 1 saturated carbocycles. The van der Waals surface area contributed by atoms with Crippen LogP contribution in [0.4, 0.5) is 0 Å². The average molecular weight is 422 g/mol. The summed E-state index contributed by atoms with van der Waals surface area (Å²) in [6, 6.07) is 8.73. The molecule has 1 amide bonds. The highest BCUT2D eigenvalue weighted by atomic mass is 16.3. The minimum Gasteiger partial charge on any atom is -0.392 e. The van der Waals surface area contributed by atoms with Gasteiger partial charge in [-0.05, 0) is 82.1 Å². The molecule has 2 fully saturated rings. The molecule has 4 atom stereocenters. The Morgan fingerprint density at radius 1 is 1.19 bits per heavy atom. The Kier molecular flexibility index (Phi) is 7.66. The molecule has 0 radical (unpaired) electrons. The number of aliphatic hydroxyl groups excluding tert-OH is 1. The minimum absolute atomic E-state index is 0.205. The first-order chi connectivity index (χ1) is 15.1. The summed E-state index contributed by atoms with van der Waals surface area (Å²) in [5, 5.41) is 10.6. The third kappa shape index (κ3) is 5.88. The summed E-state index contributed by atoms with van der Waals surface area (Å²) in [6.45, 7) is 4.06. The number of hydrogen-bond acceptors (Lipinski definition) is 2. The van der Waals surface area contributed by atoms with Gasteiger partial charge in [0.25, 0.3) is 0 Å². The highest BCUT2D eigenvalue weighted by molar-refractivity contribution is 5.76. The van der Waals surface area contributed by atoms with Crippen molar-refractivity contribution in [3.05, 3.63) is 59.2 Å². The maximum Gasteiger partial charge on any atom is 0.222 e. The number of carbonyl (C=O) groups is 1. The topological polar surface area (TPSA) is 40.5 Å². The van der Waals surface area contributed by atoms with Crippen molar-refractivity contribution in [1.29, 1.82) is 0 Å². The van der Waals surface area contributed by atoms with Gasteiger partial charge in [0.1, 0.15) is 0 Å². The van der Waals surface area contributed by atoms with Crippen LogP contribution in [0, 0.1) is 24.7 Å². The lowest BCUT2D eigenvalue weighted by atomic mass is 9.88. The molecule has 0 aromatic heterocycles. The van der Waals surface area contributed by atoms with Crippen LogP contribution in [0.25, 0.3) is 0 Å². The molecular weight excluding hydrogens is 382 g/mol. The van der Waals surface area contributed by atoms with Crippen LogP contribution >= 0.6 is 0 Å². The second kappa shape index (κ2) is 10.6. The Morgan fingerprint density at radius 2 is 2.03 bits per heavy atom. The third-order valence-electron chi connectivity index (χ3n) is 7.59. The van der Waals surface area contributed by atoms with Crippen molar-refractivity contribution < 1.29 is 9.90 Å². The van der Waals surface area contributed by atoms with Gasteiger partial charge in [0.2, 0.25) is 5.91 Å². The molecule has 1 saturated heterocycles. The molecule has 31 heavy (non-hydrogen) atoms. The van der Waals surface area contributed by atoms with E-state index >= 15 is 0 Å². The number of fused-ring (bicyclic) bond motifs is 1. The summed E-state index contributed by atoms with van der Waals surface area (Å²) < 4.78 is 0. The van der Waals surface area contributed by atoms with Crippen LogP contribution in [0.15, 0.2) is 48.1 Å². The molecule has 1 aliphatic heterocycles. The first kappa shape index (κ1) is 22.3. The monoisotopic (exact) mass is 421 g/mol. The first-order valence-corrected chi connectivity index (χ1v) is 12.5. The van der Waals surface area contributed by atoms with Crippen LogP contribution in [0.2, 0.25) is 0 Å². The number of carbonyl (C=O) groups excluding carboxylic acids is 1. The van der Waals surface area contributed by atoms with E-state index in [9.17, 15) is 9.90 Å². The summed E-state index contributed by atoms with van der Waals surface area (Å²) in [6.07, 6.45) is 17.2. The quantitative estimate of drug-likeness (QED) is 0.554. The normalized spacial score (nSPS) is 28.2. The van der Waals surface area contributed by atoms with Crippen molar-refractivity contribution in [1.82, 2.24) is 4.90 Å². The molecule has 3 heteroatoms. The lowest BCUT2D eigenvalue weighted by Gasteiger charge is -2.26. The molecule has 0 bridgehead atoms. The first-order valence-electron chi connectivity index (χ1n) is 12.5. The van der Waals surface area contributed by atoms with E-state index in [-0.39, 0.29) is 12.0 Å². The van der Waals surface area contributed by atoms with Crippen molar-refractivity contribution in [2.24, 2.45) is 17.8 Å². The van der Waals surface area contributed by atoms with Crippen molar-refractivity contribution >= 4 is 5.91 Å². The minimum atomic E-state index is -0.205. The Labute approximate surface area is 188 Å². The zero-order chi connectivity index (χ0) is 21.6. The standard InChI is InChI=1S/C28H39NO2/c1-21-9-7-11-22(17-21)10-3-4-13-25-26-19-23(18-24(26)20-27(25)30)12-8-14-28(31)29-15-5-2-6-16-29/h4,7,9,11,13,17-18,24-27,30H,2-3,5-6,8,10,12,14-16,19-20H2,1H3/b13-4+/t24-,25+,26-,27+/m0/s1. The third-order valence-corrected chi connectivity index (χ3v) is 7.59.